The van der Waals surface area contributed by atoms with Gasteiger partial charge in [0.2, 0.25) is 6.71 Å². The summed E-state index contributed by atoms with van der Waals surface area (Å²) in [6.07, 6.45) is 0. The Morgan fingerprint density at radius 3 is 1.29 bits per heavy atom. The monoisotopic (exact) mass is 418 g/mol. The average molecular weight is 418 g/mol. The topological polar surface area (TPSA) is 9.23 Å². The lowest BCUT2D eigenvalue weighted by atomic mass is 9.37. The fourth-order valence-electron chi connectivity index (χ4n) is 3.31. The SMILES string of the molecule is COc1ccc(C)cc1.Fc1cccc(B(c2cccc(F)c2)c2cccc(F)c2)c1. The molecule has 0 fully saturated rings. The molecule has 0 spiro atoms. The maximum atomic E-state index is 13.6. The van der Waals surface area contributed by atoms with Gasteiger partial charge in [-0.2, -0.15) is 0 Å². The fraction of sp³-hybridized carbons (Fsp3) is 0.0769. The van der Waals surface area contributed by atoms with E-state index in [2.05, 4.69) is 6.92 Å². The van der Waals surface area contributed by atoms with E-state index in [1.54, 1.807) is 43.5 Å². The largest absolute Gasteiger partial charge is 0.497 e. The number of rotatable bonds is 4. The molecule has 0 radical (unpaired) electrons. The Morgan fingerprint density at radius 2 is 0.968 bits per heavy atom. The van der Waals surface area contributed by atoms with Gasteiger partial charge < -0.3 is 4.74 Å². The van der Waals surface area contributed by atoms with Crippen LogP contribution in [0, 0.1) is 24.4 Å². The Labute approximate surface area is 181 Å². The van der Waals surface area contributed by atoms with Crippen LogP contribution in [-0.4, -0.2) is 13.8 Å². The number of halogens is 3. The molecule has 5 heteroatoms. The highest BCUT2D eigenvalue weighted by Gasteiger charge is 2.22. The molecule has 4 aromatic rings. The minimum Gasteiger partial charge on any atom is -0.497 e. The summed E-state index contributed by atoms with van der Waals surface area (Å²) in [5.41, 5.74) is 3.21. The summed E-state index contributed by atoms with van der Waals surface area (Å²) in [4.78, 5) is 0. The zero-order chi connectivity index (χ0) is 22.2. The van der Waals surface area contributed by atoms with E-state index in [9.17, 15) is 13.2 Å². The van der Waals surface area contributed by atoms with Gasteiger partial charge in [-0.25, -0.2) is 13.2 Å². The van der Waals surface area contributed by atoms with Crippen LogP contribution in [0.15, 0.2) is 97.1 Å². The van der Waals surface area contributed by atoms with E-state index in [0.717, 1.165) is 5.75 Å². The lowest BCUT2D eigenvalue weighted by Crippen LogP contribution is -2.52. The molecular formula is C26H22BF3O. The first-order valence-corrected chi connectivity index (χ1v) is 9.83. The van der Waals surface area contributed by atoms with Crippen molar-refractivity contribution in [3.05, 3.63) is 120 Å². The lowest BCUT2D eigenvalue weighted by molar-refractivity contribution is 0.414. The summed E-state index contributed by atoms with van der Waals surface area (Å²) in [6, 6.07) is 26.2. The van der Waals surface area contributed by atoms with E-state index < -0.39 is 6.71 Å². The highest BCUT2D eigenvalue weighted by atomic mass is 19.1. The van der Waals surface area contributed by atoms with E-state index in [-0.39, 0.29) is 17.5 Å². The molecule has 0 saturated carbocycles. The summed E-state index contributed by atoms with van der Waals surface area (Å²) in [7, 11) is 1.67. The highest BCUT2D eigenvalue weighted by Crippen LogP contribution is 2.09. The minimum atomic E-state index is -0.429. The Morgan fingerprint density at radius 1 is 0.581 bits per heavy atom. The van der Waals surface area contributed by atoms with Gasteiger partial charge in [0.15, 0.2) is 0 Å². The van der Waals surface area contributed by atoms with Crippen LogP contribution in [0.5, 0.6) is 5.75 Å². The van der Waals surface area contributed by atoms with Gasteiger partial charge in [0.1, 0.15) is 23.2 Å². The summed E-state index contributed by atoms with van der Waals surface area (Å²) in [5, 5.41) is 0. The number of methoxy groups -OCH3 is 1. The maximum Gasteiger partial charge on any atom is 0.241 e. The first-order chi connectivity index (χ1) is 15.0. The molecule has 0 unspecified atom stereocenters. The second kappa shape index (κ2) is 10.5. The van der Waals surface area contributed by atoms with E-state index in [0.29, 0.717) is 16.4 Å². The van der Waals surface area contributed by atoms with Crippen molar-refractivity contribution in [3.8, 4) is 5.75 Å². The summed E-state index contributed by atoms with van der Waals surface area (Å²) in [5.74, 6) is -0.221. The molecule has 156 valence electrons. The van der Waals surface area contributed by atoms with E-state index >= 15 is 0 Å². The van der Waals surface area contributed by atoms with Crippen LogP contribution in [-0.2, 0) is 0 Å². The number of hydrogen-bond donors (Lipinski definition) is 0. The van der Waals surface area contributed by atoms with Crippen LogP contribution in [0.25, 0.3) is 0 Å². The van der Waals surface area contributed by atoms with Crippen LogP contribution in [0.4, 0.5) is 13.2 Å². The van der Waals surface area contributed by atoms with Crippen LogP contribution in [0.3, 0.4) is 0 Å². The van der Waals surface area contributed by atoms with Crippen molar-refractivity contribution in [2.75, 3.05) is 7.11 Å². The number of aryl methyl sites for hydroxylation is 1. The van der Waals surface area contributed by atoms with Crippen molar-refractivity contribution in [2.24, 2.45) is 0 Å². The molecule has 0 heterocycles. The maximum absolute atomic E-state index is 13.6. The molecule has 0 aliphatic rings. The molecule has 0 N–H and O–H groups in total. The van der Waals surface area contributed by atoms with Crippen LogP contribution < -0.4 is 21.1 Å². The summed E-state index contributed by atoms with van der Waals surface area (Å²) in [6.45, 7) is 1.63. The predicted octanol–water partition coefficient (Wildman–Crippen LogP) is 4.62. The third kappa shape index (κ3) is 6.25. The Bertz CT molecular complexity index is 1020. The van der Waals surface area contributed by atoms with Gasteiger partial charge in [-0.1, -0.05) is 70.5 Å². The average Bonchev–Trinajstić information content (AvgIpc) is 2.75. The van der Waals surface area contributed by atoms with Gasteiger partial charge in [0.05, 0.1) is 7.11 Å². The van der Waals surface area contributed by atoms with Crippen molar-refractivity contribution < 1.29 is 17.9 Å². The van der Waals surface area contributed by atoms with Crippen LogP contribution >= 0.6 is 0 Å². The molecule has 4 aromatic carbocycles. The van der Waals surface area contributed by atoms with Crippen molar-refractivity contribution in [3.63, 3.8) is 0 Å². The molecule has 0 aliphatic heterocycles. The number of hydrogen-bond acceptors (Lipinski definition) is 1. The summed E-state index contributed by atoms with van der Waals surface area (Å²) >= 11 is 0. The van der Waals surface area contributed by atoms with Gasteiger partial charge in [0.25, 0.3) is 0 Å². The fourth-order valence-corrected chi connectivity index (χ4v) is 3.31. The number of benzene rings is 4. The predicted molar refractivity (Wildman–Crippen MR) is 122 cm³/mol. The van der Waals surface area contributed by atoms with E-state index in [4.69, 9.17) is 4.74 Å². The minimum absolute atomic E-state index is 0.379. The zero-order valence-electron chi connectivity index (χ0n) is 17.4. The van der Waals surface area contributed by atoms with Gasteiger partial charge >= 0.3 is 0 Å². The van der Waals surface area contributed by atoms with Crippen molar-refractivity contribution in [1.29, 1.82) is 0 Å². The van der Waals surface area contributed by atoms with Crippen molar-refractivity contribution in [2.45, 2.75) is 6.92 Å². The summed E-state index contributed by atoms with van der Waals surface area (Å²) < 4.78 is 45.7. The molecule has 0 bridgehead atoms. The standard InChI is InChI=1S/C18H12BF3.C8H10O/c20-16-7-1-4-13(10-16)19(14-5-2-8-17(21)11-14)15-6-3-9-18(22)12-15;1-7-3-5-8(9-2)6-4-7/h1-12H;3-6H,1-2H3. The Hall–Kier alpha value is -3.47. The smallest absolute Gasteiger partial charge is 0.241 e. The molecule has 0 amide bonds. The molecule has 31 heavy (non-hydrogen) atoms. The van der Waals surface area contributed by atoms with Crippen molar-refractivity contribution >= 4 is 23.1 Å². The normalized spacial score (nSPS) is 10.1. The molecule has 0 aliphatic carbocycles. The third-order valence-corrected chi connectivity index (χ3v) is 4.80. The van der Waals surface area contributed by atoms with Crippen LogP contribution in [0.2, 0.25) is 0 Å². The first-order valence-electron chi connectivity index (χ1n) is 9.83. The molecule has 0 atom stereocenters. The number of ether oxygens (including phenoxy) is 1. The first kappa shape index (κ1) is 22.2. The van der Waals surface area contributed by atoms with Gasteiger partial charge in [0, 0.05) is 0 Å². The van der Waals surface area contributed by atoms with Crippen LogP contribution in [0.1, 0.15) is 5.56 Å². The second-order valence-electron chi connectivity index (χ2n) is 7.12. The van der Waals surface area contributed by atoms with Gasteiger partial charge in [-0.05, 0) is 55.5 Å². The Kier molecular flexibility index (Phi) is 7.55. The van der Waals surface area contributed by atoms with Crippen molar-refractivity contribution in [1.82, 2.24) is 0 Å². The lowest BCUT2D eigenvalue weighted by Gasteiger charge is -2.15. The molecule has 0 saturated heterocycles. The molecule has 4 rings (SSSR count). The zero-order valence-corrected chi connectivity index (χ0v) is 17.4. The highest BCUT2D eigenvalue weighted by molar-refractivity contribution is 6.95. The van der Waals surface area contributed by atoms with E-state index in [1.165, 1.54) is 42.0 Å². The quantitative estimate of drug-likeness (QED) is 0.440. The molecule has 1 nitrogen and oxygen atoms in total. The van der Waals surface area contributed by atoms with E-state index in [1.807, 2.05) is 24.3 Å². The molecule has 0 aromatic heterocycles. The van der Waals surface area contributed by atoms with Gasteiger partial charge in [-0.3, -0.25) is 0 Å². The second-order valence-corrected chi connectivity index (χ2v) is 7.12. The van der Waals surface area contributed by atoms with Gasteiger partial charge in [-0.15, -0.1) is 0 Å². The Balaban J connectivity index is 0.000000254. The third-order valence-electron chi connectivity index (χ3n) is 4.80. The molecular weight excluding hydrogens is 396 g/mol.